The fourth-order valence-electron chi connectivity index (χ4n) is 4.74. The van der Waals surface area contributed by atoms with E-state index in [4.69, 9.17) is 0 Å². The number of benzene rings is 1. The van der Waals surface area contributed by atoms with Crippen LogP contribution in [-0.4, -0.2) is 16.7 Å². The molecule has 22 heavy (non-hydrogen) atoms. The van der Waals surface area contributed by atoms with Gasteiger partial charge >= 0.3 is 0 Å². The lowest BCUT2D eigenvalue weighted by Crippen LogP contribution is -2.28. The van der Waals surface area contributed by atoms with Crippen molar-refractivity contribution >= 4 is 10.9 Å². The Kier molecular flexibility index (Phi) is 4.15. The first-order chi connectivity index (χ1) is 10.9. The molecule has 2 N–H and O–H groups in total. The highest BCUT2D eigenvalue weighted by Crippen LogP contribution is 2.43. The predicted molar refractivity (Wildman–Crippen MR) is 90.6 cm³/mol. The Morgan fingerprint density at radius 2 is 2.00 bits per heavy atom. The number of nitrogens with zero attached hydrogens (tertiary/aromatic N) is 1. The van der Waals surface area contributed by atoms with Gasteiger partial charge in [-0.25, -0.2) is 0 Å². The number of aromatic amines is 1. The van der Waals surface area contributed by atoms with E-state index in [9.17, 15) is 0 Å². The third kappa shape index (κ3) is 3.19. The summed E-state index contributed by atoms with van der Waals surface area (Å²) in [7, 11) is 0. The van der Waals surface area contributed by atoms with Crippen LogP contribution in [0.15, 0.2) is 24.4 Å². The van der Waals surface area contributed by atoms with Crippen molar-refractivity contribution in [3.8, 4) is 0 Å². The largest absolute Gasteiger partial charge is 0.313 e. The molecular weight excluding hydrogens is 270 g/mol. The first-order valence-electron chi connectivity index (χ1n) is 8.99. The van der Waals surface area contributed by atoms with Crippen molar-refractivity contribution in [2.45, 2.75) is 51.5 Å². The third-order valence-electron chi connectivity index (χ3n) is 5.79. The second-order valence-corrected chi connectivity index (χ2v) is 7.49. The highest BCUT2D eigenvalue weighted by atomic mass is 15.1. The van der Waals surface area contributed by atoms with Crippen LogP contribution in [0.25, 0.3) is 10.9 Å². The van der Waals surface area contributed by atoms with Crippen molar-refractivity contribution in [2.75, 3.05) is 6.54 Å². The van der Waals surface area contributed by atoms with Crippen LogP contribution in [-0.2, 0) is 6.54 Å². The molecule has 2 unspecified atom stereocenters. The van der Waals surface area contributed by atoms with Crippen LogP contribution in [0.5, 0.6) is 0 Å². The molecule has 2 aliphatic carbocycles. The maximum Gasteiger partial charge on any atom is 0.0653 e. The van der Waals surface area contributed by atoms with E-state index in [1.165, 1.54) is 55.9 Å². The van der Waals surface area contributed by atoms with E-state index in [2.05, 4.69) is 33.7 Å². The minimum atomic E-state index is 0.967. The molecule has 0 amide bonds. The fourth-order valence-corrected chi connectivity index (χ4v) is 4.74. The summed E-state index contributed by atoms with van der Waals surface area (Å²) in [5, 5.41) is 12.0. The first kappa shape index (κ1) is 14.3. The zero-order chi connectivity index (χ0) is 14.8. The van der Waals surface area contributed by atoms with Crippen LogP contribution >= 0.6 is 0 Å². The van der Waals surface area contributed by atoms with Gasteiger partial charge in [-0.3, -0.25) is 5.10 Å². The smallest absolute Gasteiger partial charge is 0.0653 e. The molecule has 2 bridgehead atoms. The van der Waals surface area contributed by atoms with Crippen molar-refractivity contribution < 1.29 is 0 Å². The topological polar surface area (TPSA) is 40.7 Å². The van der Waals surface area contributed by atoms with Gasteiger partial charge in [0.15, 0.2) is 0 Å². The molecule has 118 valence electrons. The van der Waals surface area contributed by atoms with E-state index in [-0.39, 0.29) is 0 Å². The normalized spacial score (nSPS) is 28.1. The van der Waals surface area contributed by atoms with Crippen molar-refractivity contribution in [2.24, 2.45) is 17.8 Å². The SMILES string of the molecule is c1cc2cn[nH]c2cc1CNCCC1CC2CCCC(C2)C1. The molecule has 1 aromatic heterocycles. The lowest BCUT2D eigenvalue weighted by Gasteiger charge is -2.39. The Balaban J connectivity index is 1.23. The van der Waals surface area contributed by atoms with Crippen molar-refractivity contribution in [3.05, 3.63) is 30.0 Å². The summed E-state index contributed by atoms with van der Waals surface area (Å²) < 4.78 is 0. The Labute approximate surface area is 132 Å². The minimum Gasteiger partial charge on any atom is -0.313 e. The number of hydrogen-bond acceptors (Lipinski definition) is 2. The van der Waals surface area contributed by atoms with Crippen LogP contribution in [0.4, 0.5) is 0 Å². The van der Waals surface area contributed by atoms with E-state index in [1.807, 2.05) is 6.20 Å². The summed E-state index contributed by atoms with van der Waals surface area (Å²) in [5.41, 5.74) is 2.48. The maximum atomic E-state index is 4.08. The lowest BCUT2D eigenvalue weighted by atomic mass is 9.67. The molecule has 0 aliphatic heterocycles. The van der Waals surface area contributed by atoms with Crippen molar-refractivity contribution in [1.29, 1.82) is 0 Å². The number of fused-ring (bicyclic) bond motifs is 3. The van der Waals surface area contributed by atoms with E-state index in [0.29, 0.717) is 0 Å². The van der Waals surface area contributed by atoms with Gasteiger partial charge in [-0.2, -0.15) is 5.10 Å². The standard InChI is InChI=1S/C19H27N3/c1-2-14-8-15(3-1)10-16(9-14)6-7-20-12-17-4-5-18-13-21-22-19(18)11-17/h4-5,11,13-16,20H,1-3,6-10,12H2,(H,21,22). The summed E-state index contributed by atoms with van der Waals surface area (Å²) in [5.74, 6) is 3.09. The highest BCUT2D eigenvalue weighted by molar-refractivity contribution is 5.78. The minimum absolute atomic E-state index is 0.967. The van der Waals surface area contributed by atoms with Gasteiger partial charge in [0.1, 0.15) is 0 Å². The molecule has 0 radical (unpaired) electrons. The van der Waals surface area contributed by atoms with Gasteiger partial charge in [-0.1, -0.05) is 31.4 Å². The Morgan fingerprint density at radius 1 is 1.14 bits per heavy atom. The molecule has 2 atom stereocenters. The van der Waals surface area contributed by atoms with Crippen molar-refractivity contribution in [3.63, 3.8) is 0 Å². The number of hydrogen-bond donors (Lipinski definition) is 2. The van der Waals surface area contributed by atoms with Crippen molar-refractivity contribution in [1.82, 2.24) is 15.5 Å². The summed E-state index contributed by atoms with van der Waals surface area (Å²) in [6, 6.07) is 6.56. The maximum absolute atomic E-state index is 4.08. The van der Waals surface area contributed by atoms with Gasteiger partial charge in [0.05, 0.1) is 11.7 Å². The van der Waals surface area contributed by atoms with Gasteiger partial charge in [-0.15, -0.1) is 0 Å². The lowest BCUT2D eigenvalue weighted by molar-refractivity contribution is 0.132. The van der Waals surface area contributed by atoms with E-state index in [0.717, 1.165) is 36.4 Å². The van der Waals surface area contributed by atoms with Crippen LogP contribution < -0.4 is 5.32 Å². The van der Waals surface area contributed by atoms with Crippen LogP contribution in [0.3, 0.4) is 0 Å². The fraction of sp³-hybridized carbons (Fsp3) is 0.632. The summed E-state index contributed by atoms with van der Waals surface area (Å²) in [4.78, 5) is 0. The molecule has 3 nitrogen and oxygen atoms in total. The zero-order valence-corrected chi connectivity index (χ0v) is 13.4. The number of H-pyrrole nitrogens is 1. The number of aromatic nitrogens is 2. The molecule has 0 saturated heterocycles. The predicted octanol–water partition coefficient (Wildman–Crippen LogP) is 4.26. The molecule has 4 rings (SSSR count). The van der Waals surface area contributed by atoms with Gasteiger partial charge in [0.2, 0.25) is 0 Å². The second-order valence-electron chi connectivity index (χ2n) is 7.49. The summed E-state index contributed by atoms with van der Waals surface area (Å²) in [6.45, 7) is 2.12. The number of rotatable bonds is 5. The van der Waals surface area contributed by atoms with Crippen LogP contribution in [0.1, 0.15) is 50.5 Å². The van der Waals surface area contributed by atoms with Gasteiger partial charge in [0, 0.05) is 11.9 Å². The molecular formula is C19H27N3. The second kappa shape index (κ2) is 6.41. The average molecular weight is 297 g/mol. The molecule has 1 aromatic carbocycles. The Morgan fingerprint density at radius 3 is 2.86 bits per heavy atom. The highest BCUT2D eigenvalue weighted by Gasteiger charge is 2.31. The molecule has 1 heterocycles. The summed E-state index contributed by atoms with van der Waals surface area (Å²) >= 11 is 0. The van der Waals surface area contributed by atoms with E-state index >= 15 is 0 Å². The molecule has 2 aromatic rings. The third-order valence-corrected chi connectivity index (χ3v) is 5.79. The van der Waals surface area contributed by atoms with Gasteiger partial charge in [-0.05, 0) is 61.6 Å². The molecule has 2 fully saturated rings. The van der Waals surface area contributed by atoms with Gasteiger partial charge < -0.3 is 5.32 Å². The first-order valence-corrected chi connectivity index (χ1v) is 8.99. The quantitative estimate of drug-likeness (QED) is 0.810. The van der Waals surface area contributed by atoms with E-state index < -0.39 is 0 Å². The summed E-state index contributed by atoms with van der Waals surface area (Å²) in [6.07, 6.45) is 12.3. The monoisotopic (exact) mass is 297 g/mol. The van der Waals surface area contributed by atoms with E-state index in [1.54, 1.807) is 0 Å². The van der Waals surface area contributed by atoms with Gasteiger partial charge in [0.25, 0.3) is 0 Å². The van der Waals surface area contributed by atoms with Crippen LogP contribution in [0, 0.1) is 17.8 Å². The Hall–Kier alpha value is -1.35. The molecule has 2 saturated carbocycles. The zero-order valence-electron chi connectivity index (χ0n) is 13.4. The average Bonchev–Trinajstić information content (AvgIpc) is 2.99. The Bertz CT molecular complexity index is 606. The molecule has 0 spiro atoms. The van der Waals surface area contributed by atoms with Crippen LogP contribution in [0.2, 0.25) is 0 Å². The number of nitrogens with one attached hydrogen (secondary N) is 2. The molecule has 2 aliphatic rings. The molecule has 3 heteroatoms.